The minimum atomic E-state index is 0.478. The van der Waals surface area contributed by atoms with Crippen LogP contribution in [0.4, 0.5) is 0 Å². The van der Waals surface area contributed by atoms with Gasteiger partial charge in [-0.2, -0.15) is 0 Å². The van der Waals surface area contributed by atoms with Crippen LogP contribution in [0.3, 0.4) is 0 Å². The third kappa shape index (κ3) is 2.50. The second-order valence-electron chi connectivity index (χ2n) is 5.85. The van der Waals surface area contributed by atoms with Crippen molar-refractivity contribution in [2.75, 3.05) is 13.1 Å². The topological polar surface area (TPSA) is 16.1 Å². The van der Waals surface area contributed by atoms with Crippen molar-refractivity contribution in [1.82, 2.24) is 9.88 Å². The summed E-state index contributed by atoms with van der Waals surface area (Å²) in [5, 5.41) is 2.71. The summed E-state index contributed by atoms with van der Waals surface area (Å²) < 4.78 is 0. The zero-order valence-electron chi connectivity index (χ0n) is 11.9. The molecule has 1 saturated heterocycles. The van der Waals surface area contributed by atoms with Crippen molar-refractivity contribution in [3.05, 3.63) is 41.7 Å². The molecular weight excluding hydrogens is 232 g/mol. The van der Waals surface area contributed by atoms with Crippen molar-refractivity contribution in [3.8, 4) is 0 Å². The zero-order chi connectivity index (χ0) is 13.2. The van der Waals surface area contributed by atoms with Gasteiger partial charge in [0.2, 0.25) is 0 Å². The fourth-order valence-corrected chi connectivity index (χ4v) is 3.07. The maximum atomic E-state index is 4.57. The minimum Gasteiger partial charge on any atom is -0.299 e. The van der Waals surface area contributed by atoms with Crippen molar-refractivity contribution < 1.29 is 0 Å². The summed E-state index contributed by atoms with van der Waals surface area (Å²) in [6.07, 6.45) is 4.66. The van der Waals surface area contributed by atoms with Gasteiger partial charge in [0.05, 0.1) is 5.69 Å². The number of pyridine rings is 1. The molecule has 2 heterocycles. The van der Waals surface area contributed by atoms with E-state index < -0.39 is 0 Å². The van der Waals surface area contributed by atoms with Crippen LogP contribution in [0.25, 0.3) is 10.8 Å². The number of rotatable bonds is 3. The summed E-state index contributed by atoms with van der Waals surface area (Å²) in [6.45, 7) is 8.01. The van der Waals surface area contributed by atoms with E-state index in [4.69, 9.17) is 0 Å². The van der Waals surface area contributed by atoms with Crippen molar-refractivity contribution in [2.24, 2.45) is 0 Å². The molecule has 19 heavy (non-hydrogen) atoms. The maximum Gasteiger partial charge on any atom is 0.0507 e. The Balaban J connectivity index is 2.02. The number of benzene rings is 1. The molecule has 1 fully saturated rings. The van der Waals surface area contributed by atoms with Crippen LogP contribution in [0.15, 0.2) is 30.5 Å². The van der Waals surface area contributed by atoms with Crippen LogP contribution in [-0.4, -0.2) is 23.0 Å². The maximum absolute atomic E-state index is 4.57. The molecule has 0 N–H and O–H groups in total. The normalized spacial score (nSPS) is 16.6. The van der Waals surface area contributed by atoms with Crippen molar-refractivity contribution in [3.63, 3.8) is 0 Å². The van der Waals surface area contributed by atoms with E-state index >= 15 is 0 Å². The largest absolute Gasteiger partial charge is 0.299 e. The fourth-order valence-electron chi connectivity index (χ4n) is 3.07. The lowest BCUT2D eigenvalue weighted by atomic mass is 9.99. The number of nitrogens with zero attached hydrogens (tertiary/aromatic N) is 2. The average Bonchev–Trinajstić information content (AvgIpc) is 2.91. The third-order valence-corrected chi connectivity index (χ3v) is 4.07. The Morgan fingerprint density at radius 2 is 1.89 bits per heavy atom. The molecule has 0 bridgehead atoms. The third-order valence-electron chi connectivity index (χ3n) is 4.07. The predicted octanol–water partition coefficient (Wildman–Crippen LogP) is 3.95. The lowest BCUT2D eigenvalue weighted by Crippen LogP contribution is -2.18. The lowest BCUT2D eigenvalue weighted by Gasteiger charge is -2.17. The van der Waals surface area contributed by atoms with E-state index in [0.717, 1.165) is 6.54 Å². The number of hydrogen-bond acceptors (Lipinski definition) is 2. The minimum absolute atomic E-state index is 0.478. The van der Waals surface area contributed by atoms with Gasteiger partial charge in [-0.1, -0.05) is 32.0 Å². The fraction of sp³-hybridized carbons (Fsp3) is 0.471. The second kappa shape index (κ2) is 5.30. The monoisotopic (exact) mass is 254 g/mol. The highest BCUT2D eigenvalue weighted by molar-refractivity contribution is 5.87. The zero-order valence-corrected chi connectivity index (χ0v) is 11.9. The van der Waals surface area contributed by atoms with Crippen LogP contribution in [-0.2, 0) is 6.54 Å². The Hall–Kier alpha value is -1.41. The standard InChI is InChI=1S/C17H22N2/c1-13(2)17-16-7-5-6-14(15(16)8-9-18-17)12-19-10-3-4-11-19/h5-9,13H,3-4,10-12H2,1-2H3. The lowest BCUT2D eigenvalue weighted by molar-refractivity contribution is 0.332. The quantitative estimate of drug-likeness (QED) is 0.824. The molecule has 0 aliphatic carbocycles. The molecule has 0 amide bonds. The van der Waals surface area contributed by atoms with E-state index in [-0.39, 0.29) is 0 Å². The van der Waals surface area contributed by atoms with Gasteiger partial charge in [0.15, 0.2) is 0 Å². The van der Waals surface area contributed by atoms with E-state index in [1.54, 1.807) is 0 Å². The summed E-state index contributed by atoms with van der Waals surface area (Å²) in [4.78, 5) is 7.13. The highest BCUT2D eigenvalue weighted by Gasteiger charge is 2.14. The highest BCUT2D eigenvalue weighted by Crippen LogP contribution is 2.27. The van der Waals surface area contributed by atoms with Gasteiger partial charge in [-0.05, 0) is 48.9 Å². The summed E-state index contributed by atoms with van der Waals surface area (Å²) in [5.41, 5.74) is 2.67. The molecule has 2 aromatic rings. The van der Waals surface area contributed by atoms with Gasteiger partial charge in [-0.25, -0.2) is 0 Å². The molecule has 0 unspecified atom stereocenters. The molecule has 0 radical (unpaired) electrons. The molecule has 0 saturated carbocycles. The summed E-state index contributed by atoms with van der Waals surface area (Å²) in [5.74, 6) is 0.478. The molecule has 100 valence electrons. The summed E-state index contributed by atoms with van der Waals surface area (Å²) in [6, 6.07) is 8.84. The van der Waals surface area contributed by atoms with Crippen LogP contribution in [0.5, 0.6) is 0 Å². The van der Waals surface area contributed by atoms with E-state index in [1.165, 1.54) is 48.0 Å². The first-order chi connectivity index (χ1) is 9.25. The van der Waals surface area contributed by atoms with Crippen molar-refractivity contribution in [2.45, 2.75) is 39.2 Å². The Kier molecular flexibility index (Phi) is 3.52. The Labute approximate surface area is 115 Å². The number of hydrogen-bond donors (Lipinski definition) is 0. The molecule has 0 atom stereocenters. The number of aromatic nitrogens is 1. The molecular formula is C17H22N2. The van der Waals surface area contributed by atoms with Gasteiger partial charge in [0.25, 0.3) is 0 Å². The van der Waals surface area contributed by atoms with Crippen molar-refractivity contribution in [1.29, 1.82) is 0 Å². The molecule has 1 aromatic heterocycles. The van der Waals surface area contributed by atoms with E-state index in [9.17, 15) is 0 Å². The van der Waals surface area contributed by atoms with Gasteiger partial charge < -0.3 is 0 Å². The highest BCUT2D eigenvalue weighted by atomic mass is 15.1. The second-order valence-corrected chi connectivity index (χ2v) is 5.85. The summed E-state index contributed by atoms with van der Waals surface area (Å²) in [7, 11) is 0. The number of likely N-dealkylation sites (tertiary alicyclic amines) is 1. The van der Waals surface area contributed by atoms with Gasteiger partial charge in [0, 0.05) is 18.1 Å². The van der Waals surface area contributed by atoms with Gasteiger partial charge in [-0.3, -0.25) is 9.88 Å². The molecule has 1 aliphatic rings. The molecule has 2 heteroatoms. The van der Waals surface area contributed by atoms with Crippen molar-refractivity contribution >= 4 is 10.8 Å². The Bertz CT molecular complexity index is 568. The van der Waals surface area contributed by atoms with Crippen LogP contribution in [0.2, 0.25) is 0 Å². The first-order valence-corrected chi connectivity index (χ1v) is 7.34. The molecule has 0 spiro atoms. The molecule has 2 nitrogen and oxygen atoms in total. The van der Waals surface area contributed by atoms with Crippen LogP contribution in [0.1, 0.15) is 43.9 Å². The predicted molar refractivity (Wildman–Crippen MR) is 80.3 cm³/mol. The molecule has 1 aliphatic heterocycles. The van der Waals surface area contributed by atoms with E-state index in [2.05, 4.69) is 48.0 Å². The molecule has 3 rings (SSSR count). The van der Waals surface area contributed by atoms with Gasteiger partial charge in [0.1, 0.15) is 0 Å². The SMILES string of the molecule is CC(C)c1nccc2c(CN3CCCC3)cccc12. The first kappa shape index (κ1) is 12.6. The van der Waals surface area contributed by atoms with Crippen LogP contribution < -0.4 is 0 Å². The Morgan fingerprint density at radius 3 is 2.63 bits per heavy atom. The Morgan fingerprint density at radius 1 is 1.11 bits per heavy atom. The summed E-state index contributed by atoms with van der Waals surface area (Å²) >= 11 is 0. The average molecular weight is 254 g/mol. The molecule has 1 aromatic carbocycles. The smallest absolute Gasteiger partial charge is 0.0507 e. The van der Waals surface area contributed by atoms with Gasteiger partial charge in [-0.15, -0.1) is 0 Å². The van der Waals surface area contributed by atoms with Gasteiger partial charge >= 0.3 is 0 Å². The van der Waals surface area contributed by atoms with Crippen LogP contribution in [0, 0.1) is 0 Å². The number of fused-ring (bicyclic) bond motifs is 1. The first-order valence-electron chi connectivity index (χ1n) is 7.34. The van der Waals surface area contributed by atoms with E-state index in [0.29, 0.717) is 5.92 Å². The van der Waals surface area contributed by atoms with E-state index in [1.807, 2.05) is 6.20 Å². The van der Waals surface area contributed by atoms with Crippen LogP contribution >= 0.6 is 0 Å².